The van der Waals surface area contributed by atoms with Gasteiger partial charge in [0.2, 0.25) is 0 Å². The maximum Gasteiger partial charge on any atom is 0.425 e. The predicted octanol–water partition coefficient (Wildman–Crippen LogP) is 6.70. The molecule has 0 spiro atoms. The molecule has 0 bridgehead atoms. The fourth-order valence-corrected chi connectivity index (χ4v) is 4.24. The first-order valence-electron chi connectivity index (χ1n) is 10.8. The third-order valence-corrected chi connectivity index (χ3v) is 6.43. The summed E-state index contributed by atoms with van der Waals surface area (Å²) in [6, 6.07) is 4.83. The number of benzene rings is 2. The standard InChI is InChI=1S/C24H18ClF5N2O5S/c1-4-36-23(35)19-20(10(2)33)38-22(32-19)12-9-17(37-11(3)24(28,29)30)13(8-16(12)27)21(34)31-18-14(25)6-5-7-15(18)26/h5-9,11H,4H2,1-3H3,(H,31,34)/t11-/m0/s1. The number of nitrogens with one attached hydrogen (secondary N) is 1. The van der Waals surface area contributed by atoms with Crippen molar-refractivity contribution in [3.8, 4) is 16.3 Å². The molecule has 3 rings (SSSR count). The number of ketones is 1. The number of para-hydroxylation sites is 1. The average molecular weight is 577 g/mol. The summed E-state index contributed by atoms with van der Waals surface area (Å²) in [5.41, 5.74) is -2.06. The maximum atomic E-state index is 15.2. The Morgan fingerprint density at radius 2 is 1.84 bits per heavy atom. The number of esters is 1. The van der Waals surface area contributed by atoms with Gasteiger partial charge in [-0.15, -0.1) is 11.3 Å². The monoisotopic (exact) mass is 576 g/mol. The molecule has 1 heterocycles. The summed E-state index contributed by atoms with van der Waals surface area (Å²) < 4.78 is 79.0. The number of nitrogens with zero attached hydrogens (tertiary/aromatic N) is 1. The van der Waals surface area contributed by atoms with Gasteiger partial charge in [-0.2, -0.15) is 13.2 Å². The lowest BCUT2D eigenvalue weighted by atomic mass is 10.1. The van der Waals surface area contributed by atoms with Crippen LogP contribution in [0.15, 0.2) is 30.3 Å². The van der Waals surface area contributed by atoms with Crippen LogP contribution in [0.25, 0.3) is 10.6 Å². The van der Waals surface area contributed by atoms with Crippen molar-refractivity contribution in [2.45, 2.75) is 33.1 Å². The van der Waals surface area contributed by atoms with Gasteiger partial charge in [0.05, 0.1) is 22.9 Å². The van der Waals surface area contributed by atoms with Gasteiger partial charge in [0.15, 0.2) is 17.6 Å². The van der Waals surface area contributed by atoms with Crippen LogP contribution in [0.5, 0.6) is 5.75 Å². The minimum Gasteiger partial charge on any atom is -0.480 e. The van der Waals surface area contributed by atoms with Gasteiger partial charge in [-0.1, -0.05) is 17.7 Å². The number of thiazole rings is 1. The predicted molar refractivity (Wildman–Crippen MR) is 129 cm³/mol. The molecule has 0 aliphatic carbocycles. The Hall–Kier alpha value is -3.58. The highest BCUT2D eigenvalue weighted by atomic mass is 35.5. The molecule has 0 aliphatic heterocycles. The highest BCUT2D eigenvalue weighted by Crippen LogP contribution is 2.37. The van der Waals surface area contributed by atoms with Crippen molar-refractivity contribution in [3.63, 3.8) is 0 Å². The molecule has 1 aromatic heterocycles. The van der Waals surface area contributed by atoms with Crippen molar-refractivity contribution in [2.24, 2.45) is 0 Å². The molecule has 0 fully saturated rings. The topological polar surface area (TPSA) is 94.6 Å². The molecule has 1 atom stereocenters. The van der Waals surface area contributed by atoms with E-state index in [4.69, 9.17) is 21.1 Å². The van der Waals surface area contributed by atoms with E-state index in [1.807, 2.05) is 0 Å². The quantitative estimate of drug-likeness (QED) is 0.182. The molecule has 0 saturated heterocycles. The number of ether oxygens (including phenoxy) is 2. The highest BCUT2D eigenvalue weighted by Gasteiger charge is 2.39. The first kappa shape index (κ1) is 29.0. The Labute approximate surface area is 221 Å². The lowest BCUT2D eigenvalue weighted by Crippen LogP contribution is -2.32. The minimum absolute atomic E-state index is 0.0411. The van der Waals surface area contributed by atoms with Gasteiger partial charge < -0.3 is 14.8 Å². The van der Waals surface area contributed by atoms with Crippen LogP contribution in [0.4, 0.5) is 27.6 Å². The second-order valence-corrected chi connectivity index (χ2v) is 9.06. The first-order chi connectivity index (χ1) is 17.7. The van der Waals surface area contributed by atoms with Gasteiger partial charge in [-0.25, -0.2) is 18.6 Å². The van der Waals surface area contributed by atoms with Crippen LogP contribution in [0.1, 0.15) is 51.3 Å². The largest absolute Gasteiger partial charge is 0.480 e. The number of amides is 1. The van der Waals surface area contributed by atoms with Crippen LogP contribution in [-0.2, 0) is 4.74 Å². The number of anilines is 1. The summed E-state index contributed by atoms with van der Waals surface area (Å²) in [5, 5.41) is 1.62. The zero-order valence-electron chi connectivity index (χ0n) is 19.8. The fraction of sp³-hybridized carbons (Fsp3) is 0.250. The van der Waals surface area contributed by atoms with E-state index in [-0.39, 0.29) is 21.5 Å². The summed E-state index contributed by atoms with van der Waals surface area (Å²) in [7, 11) is 0. The van der Waals surface area contributed by atoms with Gasteiger partial charge in [-0.05, 0) is 38.1 Å². The van der Waals surface area contributed by atoms with E-state index in [2.05, 4.69) is 10.3 Å². The summed E-state index contributed by atoms with van der Waals surface area (Å²) in [6.45, 7) is 3.27. The number of halogens is 6. The van der Waals surface area contributed by atoms with Crippen molar-refractivity contribution < 1.29 is 45.8 Å². The second kappa shape index (κ2) is 11.4. The lowest BCUT2D eigenvalue weighted by Gasteiger charge is -2.20. The van der Waals surface area contributed by atoms with Gasteiger partial charge in [0.25, 0.3) is 5.91 Å². The van der Waals surface area contributed by atoms with Crippen molar-refractivity contribution in [1.29, 1.82) is 0 Å². The van der Waals surface area contributed by atoms with Crippen LogP contribution in [-0.4, -0.2) is 41.5 Å². The smallest absolute Gasteiger partial charge is 0.425 e. The minimum atomic E-state index is -4.86. The molecule has 2 aromatic carbocycles. The SMILES string of the molecule is CCOC(=O)c1nc(-c2cc(O[C@@H](C)C(F)(F)F)c(C(=O)Nc3c(F)cccc3Cl)cc2F)sc1C(C)=O. The molecule has 7 nitrogen and oxygen atoms in total. The summed E-state index contributed by atoms with van der Waals surface area (Å²) in [5.74, 6) is -5.59. The van der Waals surface area contributed by atoms with E-state index in [0.717, 1.165) is 19.1 Å². The van der Waals surface area contributed by atoms with Gasteiger partial charge in [-0.3, -0.25) is 9.59 Å². The molecule has 202 valence electrons. The molecule has 1 N–H and O–H groups in total. The summed E-state index contributed by atoms with van der Waals surface area (Å²) in [4.78, 5) is 40.9. The van der Waals surface area contributed by atoms with Crippen LogP contribution in [0.2, 0.25) is 5.02 Å². The molecule has 14 heteroatoms. The summed E-state index contributed by atoms with van der Waals surface area (Å²) in [6.07, 6.45) is -7.31. The molecule has 38 heavy (non-hydrogen) atoms. The zero-order valence-corrected chi connectivity index (χ0v) is 21.4. The van der Waals surface area contributed by atoms with E-state index in [9.17, 15) is 31.9 Å². The summed E-state index contributed by atoms with van der Waals surface area (Å²) >= 11 is 6.49. The average Bonchev–Trinajstić information content (AvgIpc) is 3.27. The molecule has 0 unspecified atom stereocenters. The number of alkyl halides is 3. The van der Waals surface area contributed by atoms with Crippen molar-refractivity contribution in [2.75, 3.05) is 11.9 Å². The number of rotatable bonds is 8. The molecule has 0 saturated carbocycles. The number of carbonyl (C=O) groups excluding carboxylic acids is 3. The van der Waals surface area contributed by atoms with Crippen molar-refractivity contribution >= 4 is 46.3 Å². The Morgan fingerprint density at radius 3 is 2.42 bits per heavy atom. The lowest BCUT2D eigenvalue weighted by molar-refractivity contribution is -0.189. The third-order valence-electron chi connectivity index (χ3n) is 4.93. The number of hydrogen-bond donors (Lipinski definition) is 1. The Kier molecular flexibility index (Phi) is 8.72. The van der Waals surface area contributed by atoms with Gasteiger partial charge >= 0.3 is 12.1 Å². The van der Waals surface area contributed by atoms with Crippen molar-refractivity contribution in [1.82, 2.24) is 4.98 Å². The van der Waals surface area contributed by atoms with Crippen LogP contribution in [0, 0.1) is 11.6 Å². The fourth-order valence-electron chi connectivity index (χ4n) is 3.06. The number of aromatic nitrogens is 1. The molecule has 0 radical (unpaired) electrons. The van der Waals surface area contributed by atoms with Crippen LogP contribution < -0.4 is 10.1 Å². The Morgan fingerprint density at radius 1 is 1.16 bits per heavy atom. The van der Waals surface area contributed by atoms with E-state index >= 15 is 4.39 Å². The van der Waals surface area contributed by atoms with E-state index in [0.29, 0.717) is 24.3 Å². The second-order valence-electron chi connectivity index (χ2n) is 7.65. The highest BCUT2D eigenvalue weighted by molar-refractivity contribution is 7.17. The number of Topliss-reactive ketones (excluding diaryl/α,β-unsaturated/α-hetero) is 1. The van der Waals surface area contributed by atoms with Crippen LogP contribution >= 0.6 is 22.9 Å². The van der Waals surface area contributed by atoms with Crippen LogP contribution in [0.3, 0.4) is 0 Å². The molecular formula is C24H18ClF5N2O5S. The molecule has 1 amide bonds. The molecular weight excluding hydrogens is 559 g/mol. The number of carbonyl (C=O) groups is 3. The first-order valence-corrected chi connectivity index (χ1v) is 12.0. The molecule has 0 aliphatic rings. The Bertz CT molecular complexity index is 1390. The normalized spacial score (nSPS) is 12.1. The Balaban J connectivity index is 2.15. The molecule has 3 aromatic rings. The van der Waals surface area contributed by atoms with Gasteiger partial charge in [0.1, 0.15) is 27.3 Å². The third kappa shape index (κ3) is 6.27. The van der Waals surface area contributed by atoms with E-state index in [1.165, 1.54) is 19.1 Å². The number of hydrogen-bond acceptors (Lipinski definition) is 7. The van der Waals surface area contributed by atoms with Gasteiger partial charge in [0, 0.05) is 12.5 Å². The van der Waals surface area contributed by atoms with E-state index < -0.39 is 69.8 Å². The maximum absolute atomic E-state index is 15.2. The van der Waals surface area contributed by atoms with E-state index in [1.54, 1.807) is 0 Å². The van der Waals surface area contributed by atoms with Crippen molar-refractivity contribution in [3.05, 3.63) is 63.1 Å². The zero-order chi connectivity index (χ0) is 28.4.